The standard InChI is InChI=1S/C9H17N3O2/c1-9(2,7(10)13)6-12-5-3-4-11-8(12)14/h3-6H2,1-2H3,(H2,10,13)(H,11,14). The molecule has 1 aliphatic heterocycles. The molecule has 0 aromatic carbocycles. The van der Waals surface area contributed by atoms with Crippen molar-refractivity contribution < 1.29 is 9.59 Å². The molecule has 1 fully saturated rings. The molecule has 80 valence electrons. The number of rotatable bonds is 3. The van der Waals surface area contributed by atoms with E-state index in [1.807, 2.05) is 0 Å². The molecule has 5 nitrogen and oxygen atoms in total. The Labute approximate surface area is 83.6 Å². The van der Waals surface area contributed by atoms with E-state index >= 15 is 0 Å². The normalized spacial score (nSPS) is 17.9. The molecule has 0 saturated carbocycles. The third kappa shape index (κ3) is 2.37. The zero-order chi connectivity index (χ0) is 10.8. The highest BCUT2D eigenvalue weighted by molar-refractivity contribution is 5.81. The third-order valence-electron chi connectivity index (χ3n) is 2.42. The van der Waals surface area contributed by atoms with Crippen molar-refractivity contribution >= 4 is 11.9 Å². The molecule has 1 aliphatic rings. The predicted octanol–water partition coefficient (Wildman–Crippen LogP) is -0.0868. The largest absolute Gasteiger partial charge is 0.369 e. The summed E-state index contributed by atoms with van der Waals surface area (Å²) in [4.78, 5) is 24.1. The second-order valence-corrected chi connectivity index (χ2v) is 4.26. The molecule has 0 radical (unpaired) electrons. The van der Waals surface area contributed by atoms with Crippen LogP contribution in [-0.2, 0) is 4.79 Å². The van der Waals surface area contributed by atoms with Gasteiger partial charge in [-0.1, -0.05) is 0 Å². The molecule has 0 unspecified atom stereocenters. The van der Waals surface area contributed by atoms with Gasteiger partial charge in [0.2, 0.25) is 5.91 Å². The SMILES string of the molecule is CC(C)(CN1CCCNC1=O)C(N)=O. The highest BCUT2D eigenvalue weighted by atomic mass is 16.2. The van der Waals surface area contributed by atoms with Gasteiger partial charge in [0.05, 0.1) is 5.41 Å². The smallest absolute Gasteiger partial charge is 0.317 e. The lowest BCUT2D eigenvalue weighted by molar-refractivity contribution is -0.126. The van der Waals surface area contributed by atoms with E-state index in [2.05, 4.69) is 5.32 Å². The van der Waals surface area contributed by atoms with Crippen molar-refractivity contribution in [2.24, 2.45) is 11.1 Å². The van der Waals surface area contributed by atoms with Crippen LogP contribution < -0.4 is 11.1 Å². The van der Waals surface area contributed by atoms with Crippen molar-refractivity contribution in [3.8, 4) is 0 Å². The van der Waals surface area contributed by atoms with E-state index < -0.39 is 5.41 Å². The minimum atomic E-state index is -0.658. The van der Waals surface area contributed by atoms with Gasteiger partial charge in [-0.15, -0.1) is 0 Å². The lowest BCUT2D eigenvalue weighted by Gasteiger charge is -2.33. The molecule has 0 bridgehead atoms. The number of amides is 3. The molecular formula is C9H17N3O2. The summed E-state index contributed by atoms with van der Waals surface area (Å²) in [5.41, 5.74) is 4.58. The Balaban J connectivity index is 2.58. The summed E-state index contributed by atoms with van der Waals surface area (Å²) in [6.45, 7) is 5.29. The molecule has 3 N–H and O–H groups in total. The van der Waals surface area contributed by atoms with Crippen LogP contribution in [0.15, 0.2) is 0 Å². The average molecular weight is 199 g/mol. The number of hydrogen-bond donors (Lipinski definition) is 2. The Morgan fingerprint density at radius 1 is 1.64 bits per heavy atom. The van der Waals surface area contributed by atoms with Crippen molar-refractivity contribution in [1.29, 1.82) is 0 Å². The van der Waals surface area contributed by atoms with Gasteiger partial charge < -0.3 is 16.0 Å². The van der Waals surface area contributed by atoms with Gasteiger partial charge in [-0.25, -0.2) is 4.79 Å². The summed E-state index contributed by atoms with van der Waals surface area (Å²) in [5, 5.41) is 2.73. The van der Waals surface area contributed by atoms with Crippen LogP contribution in [0.4, 0.5) is 4.79 Å². The summed E-state index contributed by atoms with van der Waals surface area (Å²) in [6.07, 6.45) is 0.917. The Morgan fingerprint density at radius 3 is 2.79 bits per heavy atom. The second kappa shape index (κ2) is 3.86. The number of nitrogens with one attached hydrogen (secondary N) is 1. The van der Waals surface area contributed by atoms with E-state index in [0.717, 1.165) is 6.42 Å². The van der Waals surface area contributed by atoms with Crippen LogP contribution in [0.1, 0.15) is 20.3 Å². The highest BCUT2D eigenvalue weighted by Gasteiger charge is 2.30. The zero-order valence-corrected chi connectivity index (χ0v) is 8.67. The number of urea groups is 1. The van der Waals surface area contributed by atoms with Gasteiger partial charge in [0.1, 0.15) is 0 Å². The van der Waals surface area contributed by atoms with Gasteiger partial charge >= 0.3 is 6.03 Å². The minimum Gasteiger partial charge on any atom is -0.369 e. The molecule has 1 heterocycles. The lowest BCUT2D eigenvalue weighted by atomic mass is 9.92. The number of hydrogen-bond acceptors (Lipinski definition) is 2. The fourth-order valence-electron chi connectivity index (χ4n) is 1.38. The molecule has 5 heteroatoms. The molecule has 1 rings (SSSR count). The highest BCUT2D eigenvalue weighted by Crippen LogP contribution is 2.17. The zero-order valence-electron chi connectivity index (χ0n) is 8.67. The maximum absolute atomic E-state index is 11.4. The molecule has 14 heavy (non-hydrogen) atoms. The summed E-state index contributed by atoms with van der Waals surface area (Å²) in [7, 11) is 0. The van der Waals surface area contributed by atoms with Gasteiger partial charge in [0, 0.05) is 19.6 Å². The van der Waals surface area contributed by atoms with Crippen LogP contribution in [0.2, 0.25) is 0 Å². The van der Waals surface area contributed by atoms with Gasteiger partial charge in [-0.3, -0.25) is 4.79 Å². The number of carbonyl (C=O) groups excluding carboxylic acids is 2. The van der Waals surface area contributed by atoms with Crippen LogP contribution in [0.25, 0.3) is 0 Å². The van der Waals surface area contributed by atoms with Crippen LogP contribution in [0.5, 0.6) is 0 Å². The molecule has 0 spiro atoms. The Hall–Kier alpha value is -1.26. The van der Waals surface area contributed by atoms with Crippen LogP contribution >= 0.6 is 0 Å². The van der Waals surface area contributed by atoms with E-state index in [-0.39, 0.29) is 11.9 Å². The van der Waals surface area contributed by atoms with E-state index in [9.17, 15) is 9.59 Å². The first kappa shape index (κ1) is 10.8. The van der Waals surface area contributed by atoms with Gasteiger partial charge in [0.15, 0.2) is 0 Å². The van der Waals surface area contributed by atoms with Gasteiger partial charge in [-0.05, 0) is 20.3 Å². The van der Waals surface area contributed by atoms with Gasteiger partial charge in [0.25, 0.3) is 0 Å². The molecule has 3 amide bonds. The minimum absolute atomic E-state index is 0.106. The second-order valence-electron chi connectivity index (χ2n) is 4.26. The maximum Gasteiger partial charge on any atom is 0.317 e. The molecule has 1 saturated heterocycles. The Kier molecular flexibility index (Phi) is 2.98. The van der Waals surface area contributed by atoms with Gasteiger partial charge in [-0.2, -0.15) is 0 Å². The van der Waals surface area contributed by atoms with Crippen LogP contribution in [0.3, 0.4) is 0 Å². The third-order valence-corrected chi connectivity index (χ3v) is 2.42. The topological polar surface area (TPSA) is 75.4 Å². The maximum atomic E-state index is 11.4. The number of primary amides is 1. The average Bonchev–Trinajstić information content (AvgIpc) is 2.08. The molecule has 0 aliphatic carbocycles. The molecule has 0 aromatic heterocycles. The quantitative estimate of drug-likeness (QED) is 0.666. The number of nitrogens with two attached hydrogens (primary N) is 1. The van der Waals surface area contributed by atoms with Crippen molar-refractivity contribution in [1.82, 2.24) is 10.2 Å². The Bertz CT molecular complexity index is 250. The van der Waals surface area contributed by atoms with Crippen molar-refractivity contribution in [3.63, 3.8) is 0 Å². The van der Waals surface area contributed by atoms with Crippen LogP contribution in [0, 0.1) is 5.41 Å². The summed E-state index contributed by atoms with van der Waals surface area (Å²) in [5.74, 6) is -0.379. The fourth-order valence-corrected chi connectivity index (χ4v) is 1.38. The van der Waals surface area contributed by atoms with Crippen molar-refractivity contribution in [2.45, 2.75) is 20.3 Å². The van der Waals surface area contributed by atoms with E-state index in [1.165, 1.54) is 0 Å². The summed E-state index contributed by atoms with van der Waals surface area (Å²) in [6, 6.07) is -0.106. The van der Waals surface area contributed by atoms with E-state index in [0.29, 0.717) is 19.6 Å². The molecule has 0 aromatic rings. The van der Waals surface area contributed by atoms with Crippen molar-refractivity contribution in [3.05, 3.63) is 0 Å². The first-order valence-electron chi connectivity index (χ1n) is 4.76. The number of carbonyl (C=O) groups is 2. The first-order chi connectivity index (χ1) is 6.43. The number of nitrogens with zero attached hydrogens (tertiary/aromatic N) is 1. The van der Waals surface area contributed by atoms with E-state index in [1.54, 1.807) is 18.7 Å². The molecule has 0 atom stereocenters. The lowest BCUT2D eigenvalue weighted by Crippen LogP contribution is -2.52. The predicted molar refractivity (Wildman–Crippen MR) is 52.6 cm³/mol. The summed E-state index contributed by atoms with van der Waals surface area (Å²) < 4.78 is 0. The molecular weight excluding hydrogens is 182 g/mol. The Morgan fingerprint density at radius 2 is 2.29 bits per heavy atom. The summed E-state index contributed by atoms with van der Waals surface area (Å²) >= 11 is 0. The van der Waals surface area contributed by atoms with Crippen LogP contribution in [-0.4, -0.2) is 36.5 Å². The monoisotopic (exact) mass is 199 g/mol. The fraction of sp³-hybridized carbons (Fsp3) is 0.778. The first-order valence-corrected chi connectivity index (χ1v) is 4.76. The van der Waals surface area contributed by atoms with Crippen molar-refractivity contribution in [2.75, 3.05) is 19.6 Å². The van der Waals surface area contributed by atoms with E-state index in [4.69, 9.17) is 5.73 Å².